The molecule has 1 N–H and O–H groups in total. The zero-order chi connectivity index (χ0) is 21.4. The molecule has 154 valence electrons. The largest absolute Gasteiger partial charge is 0.392 e. The Kier molecular flexibility index (Phi) is 4.68. The van der Waals surface area contributed by atoms with Crippen molar-refractivity contribution in [1.82, 2.24) is 24.3 Å². The second-order valence-electron chi connectivity index (χ2n) is 7.20. The van der Waals surface area contributed by atoms with Crippen LogP contribution in [-0.2, 0) is 13.2 Å². The van der Waals surface area contributed by atoms with E-state index in [4.69, 9.17) is 4.52 Å². The molecule has 2 aromatic carbocycles. The quantitative estimate of drug-likeness (QED) is 0.476. The predicted octanol–water partition coefficient (Wildman–Crippen LogP) is 3.06. The molecule has 5 rings (SSSR count). The van der Waals surface area contributed by atoms with Crippen LogP contribution in [0.5, 0.6) is 0 Å². The summed E-state index contributed by atoms with van der Waals surface area (Å²) < 4.78 is 8.36. The van der Waals surface area contributed by atoms with Gasteiger partial charge in [0.2, 0.25) is 11.7 Å². The average Bonchev–Trinajstić information content (AvgIpc) is 3.41. The average molecular weight is 413 g/mol. The van der Waals surface area contributed by atoms with Gasteiger partial charge in [-0.15, -0.1) is 0 Å². The smallest absolute Gasteiger partial charge is 0.277 e. The number of hydrogen-bond acceptors (Lipinski definition) is 6. The van der Waals surface area contributed by atoms with Gasteiger partial charge in [-0.1, -0.05) is 59.8 Å². The first-order valence-electron chi connectivity index (χ1n) is 9.81. The summed E-state index contributed by atoms with van der Waals surface area (Å²) in [5.74, 6) is 0.798. The molecule has 0 atom stereocenters. The molecule has 0 bridgehead atoms. The maximum Gasteiger partial charge on any atom is 0.277 e. The van der Waals surface area contributed by atoms with E-state index in [0.29, 0.717) is 28.5 Å². The molecule has 0 saturated carbocycles. The summed E-state index contributed by atoms with van der Waals surface area (Å²) in [5, 5.41) is 18.5. The Morgan fingerprint density at radius 3 is 2.58 bits per heavy atom. The summed E-state index contributed by atoms with van der Waals surface area (Å²) in [5.41, 5.74) is 3.84. The molecule has 3 aromatic heterocycles. The second kappa shape index (κ2) is 7.66. The zero-order valence-electron chi connectivity index (χ0n) is 16.8. The van der Waals surface area contributed by atoms with Crippen LogP contribution in [0.25, 0.3) is 28.2 Å². The van der Waals surface area contributed by atoms with Crippen LogP contribution in [0.15, 0.2) is 76.3 Å². The fourth-order valence-electron chi connectivity index (χ4n) is 3.65. The van der Waals surface area contributed by atoms with Crippen molar-refractivity contribution in [1.29, 1.82) is 0 Å². The molecular weight excluding hydrogens is 394 g/mol. The van der Waals surface area contributed by atoms with Crippen molar-refractivity contribution in [3.63, 3.8) is 0 Å². The van der Waals surface area contributed by atoms with Crippen molar-refractivity contribution < 1.29 is 9.63 Å². The maximum absolute atomic E-state index is 13.2. The number of fused-ring (bicyclic) bond motifs is 1. The Labute approximate surface area is 177 Å². The van der Waals surface area contributed by atoms with Gasteiger partial charge in [0.25, 0.3) is 5.56 Å². The molecule has 0 radical (unpaired) electrons. The molecular formula is C23H19N5O3. The number of aryl methyl sites for hydroxylation is 1. The Balaban J connectivity index is 1.54. The normalized spacial score (nSPS) is 11.3. The van der Waals surface area contributed by atoms with Crippen LogP contribution in [0.2, 0.25) is 0 Å². The molecule has 0 unspecified atom stereocenters. The van der Waals surface area contributed by atoms with Crippen LogP contribution < -0.4 is 5.56 Å². The van der Waals surface area contributed by atoms with Crippen molar-refractivity contribution >= 4 is 5.52 Å². The van der Waals surface area contributed by atoms with Crippen LogP contribution in [0.4, 0.5) is 0 Å². The van der Waals surface area contributed by atoms with Gasteiger partial charge in [-0.25, -0.2) is 4.52 Å². The number of aliphatic hydroxyl groups excluding tert-OH is 1. The van der Waals surface area contributed by atoms with E-state index in [-0.39, 0.29) is 18.7 Å². The zero-order valence-corrected chi connectivity index (χ0v) is 16.8. The fraction of sp³-hybridized carbons (Fsp3) is 0.130. The third-order valence-corrected chi connectivity index (χ3v) is 5.22. The van der Waals surface area contributed by atoms with Crippen molar-refractivity contribution in [2.24, 2.45) is 0 Å². The first-order chi connectivity index (χ1) is 15.2. The molecule has 3 heterocycles. The molecule has 0 saturated heterocycles. The Bertz CT molecular complexity index is 1430. The van der Waals surface area contributed by atoms with Gasteiger partial charge in [0, 0.05) is 29.1 Å². The van der Waals surface area contributed by atoms with Crippen molar-refractivity contribution in [3.8, 4) is 22.6 Å². The highest BCUT2D eigenvalue weighted by Gasteiger charge is 2.19. The number of aromatic nitrogens is 5. The molecule has 0 spiro atoms. The topological polar surface area (TPSA) is 98.5 Å². The van der Waals surface area contributed by atoms with Crippen LogP contribution >= 0.6 is 0 Å². The van der Waals surface area contributed by atoms with E-state index in [2.05, 4.69) is 15.2 Å². The first kappa shape index (κ1) is 19.0. The lowest BCUT2D eigenvalue weighted by molar-refractivity contribution is 0.283. The van der Waals surface area contributed by atoms with Gasteiger partial charge in [0.15, 0.2) is 0 Å². The summed E-state index contributed by atoms with van der Waals surface area (Å²) in [6.45, 7) is 1.79. The summed E-state index contributed by atoms with van der Waals surface area (Å²) in [6.07, 6.45) is 3.30. The van der Waals surface area contributed by atoms with Gasteiger partial charge in [-0.05, 0) is 12.5 Å². The molecule has 8 heteroatoms. The molecule has 31 heavy (non-hydrogen) atoms. The minimum absolute atomic E-state index is 0.116. The van der Waals surface area contributed by atoms with E-state index in [1.807, 2.05) is 61.5 Å². The Morgan fingerprint density at radius 1 is 1.03 bits per heavy atom. The lowest BCUT2D eigenvalue weighted by Gasteiger charge is -2.03. The van der Waals surface area contributed by atoms with Gasteiger partial charge in [-0.3, -0.25) is 4.79 Å². The molecule has 5 aromatic rings. The molecule has 0 aliphatic heterocycles. The van der Waals surface area contributed by atoms with E-state index in [1.165, 1.54) is 9.08 Å². The maximum atomic E-state index is 13.2. The van der Waals surface area contributed by atoms with Gasteiger partial charge < -0.3 is 14.2 Å². The summed E-state index contributed by atoms with van der Waals surface area (Å²) in [6, 6.07) is 17.2. The molecule has 0 fully saturated rings. The van der Waals surface area contributed by atoms with E-state index in [0.717, 1.165) is 16.7 Å². The van der Waals surface area contributed by atoms with Crippen LogP contribution in [0.3, 0.4) is 0 Å². The number of rotatable bonds is 5. The van der Waals surface area contributed by atoms with Gasteiger partial charge in [0.05, 0.1) is 12.3 Å². The van der Waals surface area contributed by atoms with Gasteiger partial charge in [-0.2, -0.15) is 10.1 Å². The highest BCUT2D eigenvalue weighted by Crippen LogP contribution is 2.25. The van der Waals surface area contributed by atoms with E-state index in [1.54, 1.807) is 12.4 Å². The van der Waals surface area contributed by atoms with Gasteiger partial charge in [0.1, 0.15) is 12.1 Å². The monoisotopic (exact) mass is 413 g/mol. The summed E-state index contributed by atoms with van der Waals surface area (Å²) >= 11 is 0. The summed E-state index contributed by atoms with van der Waals surface area (Å²) in [4.78, 5) is 17.6. The standard InChI is InChI=1S/C23H19N5O3/c1-15-7-5-6-10-17(15)22-24-19(31-26-22)13-27-11-12-28-21(23(27)30)18(14-29)20(25-28)16-8-3-2-4-9-16/h2-12,29H,13-14H2,1H3. The summed E-state index contributed by atoms with van der Waals surface area (Å²) in [7, 11) is 0. The molecule has 0 aliphatic carbocycles. The number of benzene rings is 2. The molecule has 8 nitrogen and oxygen atoms in total. The van der Waals surface area contributed by atoms with Crippen LogP contribution in [0.1, 0.15) is 17.0 Å². The Hall–Kier alpha value is -4.04. The SMILES string of the molecule is Cc1ccccc1-c1noc(Cn2ccn3nc(-c4ccccc4)c(CO)c3c2=O)n1. The van der Waals surface area contributed by atoms with Crippen molar-refractivity contribution in [3.05, 3.63) is 94.4 Å². The highest BCUT2D eigenvalue weighted by molar-refractivity contribution is 5.72. The molecule has 0 aliphatic rings. The fourth-order valence-corrected chi connectivity index (χ4v) is 3.65. The van der Waals surface area contributed by atoms with Crippen molar-refractivity contribution in [2.45, 2.75) is 20.1 Å². The second-order valence-corrected chi connectivity index (χ2v) is 7.20. The minimum atomic E-state index is -0.301. The lowest BCUT2D eigenvalue weighted by Crippen LogP contribution is -2.22. The van der Waals surface area contributed by atoms with Crippen LogP contribution in [0, 0.1) is 6.92 Å². The lowest BCUT2D eigenvalue weighted by atomic mass is 10.1. The number of hydrogen-bond donors (Lipinski definition) is 1. The van der Waals surface area contributed by atoms with Gasteiger partial charge >= 0.3 is 0 Å². The third kappa shape index (κ3) is 3.32. The first-order valence-corrected chi connectivity index (χ1v) is 9.81. The van der Waals surface area contributed by atoms with E-state index < -0.39 is 0 Å². The number of nitrogens with zero attached hydrogens (tertiary/aromatic N) is 5. The number of aliphatic hydroxyl groups is 1. The Morgan fingerprint density at radius 2 is 1.81 bits per heavy atom. The van der Waals surface area contributed by atoms with E-state index in [9.17, 15) is 9.90 Å². The van der Waals surface area contributed by atoms with Crippen molar-refractivity contribution in [2.75, 3.05) is 0 Å². The highest BCUT2D eigenvalue weighted by atomic mass is 16.5. The van der Waals surface area contributed by atoms with Crippen LogP contribution in [-0.4, -0.2) is 29.4 Å². The third-order valence-electron chi connectivity index (χ3n) is 5.22. The van der Waals surface area contributed by atoms with E-state index >= 15 is 0 Å². The molecule has 0 amide bonds. The predicted molar refractivity (Wildman–Crippen MR) is 114 cm³/mol. The minimum Gasteiger partial charge on any atom is -0.392 e.